The van der Waals surface area contributed by atoms with Gasteiger partial charge in [-0.1, -0.05) is 6.07 Å². The van der Waals surface area contributed by atoms with Crippen LogP contribution in [0.15, 0.2) is 24.3 Å². The van der Waals surface area contributed by atoms with Crippen molar-refractivity contribution in [2.24, 2.45) is 5.92 Å². The van der Waals surface area contributed by atoms with Crippen molar-refractivity contribution >= 4 is 12.0 Å². The minimum absolute atomic E-state index is 0.223. The molecule has 0 spiro atoms. The number of carboxylic acids is 1. The molecule has 1 aromatic carbocycles. The Balaban J connectivity index is 2.17. The van der Waals surface area contributed by atoms with Crippen LogP contribution >= 0.6 is 0 Å². The average molecular weight is 291 g/mol. The van der Waals surface area contributed by atoms with Crippen LogP contribution in [-0.2, 0) is 11.3 Å². The largest absolute Gasteiger partial charge is 0.497 e. The van der Waals surface area contributed by atoms with Crippen LogP contribution in [0.1, 0.15) is 17.5 Å². The second kappa shape index (κ2) is 7.24. The zero-order valence-corrected chi connectivity index (χ0v) is 12.2. The highest BCUT2D eigenvalue weighted by atomic mass is 16.5. The fourth-order valence-corrected chi connectivity index (χ4v) is 2.62. The van der Waals surface area contributed by atoms with Crippen molar-refractivity contribution in [1.29, 1.82) is 0 Å². The molecule has 0 amide bonds. The molecule has 1 aliphatic rings. The zero-order valence-electron chi connectivity index (χ0n) is 12.2. The Bertz CT molecular complexity index is 527. The molecule has 0 radical (unpaired) electrons. The Morgan fingerprint density at radius 1 is 1.52 bits per heavy atom. The molecule has 2 N–H and O–H groups in total. The van der Waals surface area contributed by atoms with E-state index >= 15 is 0 Å². The first kappa shape index (κ1) is 15.5. The summed E-state index contributed by atoms with van der Waals surface area (Å²) < 4.78 is 5.24. The zero-order chi connectivity index (χ0) is 15.2. The van der Waals surface area contributed by atoms with Gasteiger partial charge in [0, 0.05) is 25.8 Å². The molecule has 0 saturated carbocycles. The molecule has 0 bridgehead atoms. The highest BCUT2D eigenvalue weighted by Gasteiger charge is 2.22. The third kappa shape index (κ3) is 4.31. The third-order valence-electron chi connectivity index (χ3n) is 3.78. The van der Waals surface area contributed by atoms with Crippen LogP contribution in [0.3, 0.4) is 0 Å². The first-order chi connectivity index (χ1) is 10.1. The number of hydrogen-bond acceptors (Lipinski definition) is 4. The maximum absolute atomic E-state index is 10.7. The fraction of sp³-hybridized carbons (Fsp3) is 0.438. The van der Waals surface area contributed by atoms with Crippen LogP contribution in [0.25, 0.3) is 6.08 Å². The van der Waals surface area contributed by atoms with E-state index in [1.54, 1.807) is 13.2 Å². The molecule has 1 aromatic rings. The van der Waals surface area contributed by atoms with Crippen LogP contribution < -0.4 is 4.74 Å². The van der Waals surface area contributed by atoms with E-state index in [-0.39, 0.29) is 6.61 Å². The van der Waals surface area contributed by atoms with Gasteiger partial charge < -0.3 is 14.9 Å². The van der Waals surface area contributed by atoms with Gasteiger partial charge in [-0.2, -0.15) is 0 Å². The minimum Gasteiger partial charge on any atom is -0.497 e. The van der Waals surface area contributed by atoms with E-state index in [4.69, 9.17) is 9.84 Å². The van der Waals surface area contributed by atoms with Gasteiger partial charge >= 0.3 is 5.97 Å². The summed E-state index contributed by atoms with van der Waals surface area (Å²) >= 11 is 0. The lowest BCUT2D eigenvalue weighted by atomic mass is 10.1. The number of carboxylic acid groups (broad SMARTS) is 1. The summed E-state index contributed by atoms with van der Waals surface area (Å²) in [5, 5.41) is 18.0. The molecule has 1 atom stereocenters. The van der Waals surface area contributed by atoms with E-state index in [0.717, 1.165) is 49.0 Å². The minimum atomic E-state index is -0.960. The summed E-state index contributed by atoms with van der Waals surface area (Å²) in [7, 11) is 1.61. The van der Waals surface area contributed by atoms with Gasteiger partial charge in [0.05, 0.1) is 7.11 Å². The van der Waals surface area contributed by atoms with E-state index < -0.39 is 5.97 Å². The molecule has 1 saturated heterocycles. The monoisotopic (exact) mass is 291 g/mol. The molecule has 0 aliphatic carbocycles. The summed E-state index contributed by atoms with van der Waals surface area (Å²) in [6, 6.07) is 5.63. The van der Waals surface area contributed by atoms with Gasteiger partial charge in [-0.25, -0.2) is 4.79 Å². The highest BCUT2D eigenvalue weighted by molar-refractivity contribution is 5.85. The van der Waals surface area contributed by atoms with E-state index in [1.807, 2.05) is 18.2 Å². The summed E-state index contributed by atoms with van der Waals surface area (Å²) in [6.07, 6.45) is 3.75. The van der Waals surface area contributed by atoms with Gasteiger partial charge in [-0.05, 0) is 48.2 Å². The van der Waals surface area contributed by atoms with Crippen molar-refractivity contribution in [3.05, 3.63) is 35.4 Å². The van der Waals surface area contributed by atoms with Crippen molar-refractivity contribution < 1.29 is 19.7 Å². The third-order valence-corrected chi connectivity index (χ3v) is 3.78. The number of rotatable bonds is 6. The van der Waals surface area contributed by atoms with Gasteiger partial charge in [0.25, 0.3) is 0 Å². The number of carbonyl (C=O) groups is 1. The molecule has 21 heavy (non-hydrogen) atoms. The van der Waals surface area contributed by atoms with Crippen molar-refractivity contribution in [2.45, 2.75) is 13.0 Å². The van der Waals surface area contributed by atoms with Crippen LogP contribution in [0.5, 0.6) is 5.75 Å². The molecule has 2 rings (SSSR count). The fourth-order valence-electron chi connectivity index (χ4n) is 2.62. The van der Waals surface area contributed by atoms with E-state index in [2.05, 4.69) is 4.90 Å². The topological polar surface area (TPSA) is 70.0 Å². The predicted octanol–water partition coefficient (Wildman–Crippen LogP) is 1.61. The lowest BCUT2D eigenvalue weighted by Gasteiger charge is -2.18. The van der Waals surface area contributed by atoms with Gasteiger partial charge in [0.2, 0.25) is 0 Å². The number of ether oxygens (including phenoxy) is 1. The number of aliphatic hydroxyl groups is 1. The lowest BCUT2D eigenvalue weighted by molar-refractivity contribution is -0.131. The second-order valence-corrected chi connectivity index (χ2v) is 5.31. The molecule has 5 heteroatoms. The quantitative estimate of drug-likeness (QED) is 0.779. The Hall–Kier alpha value is -1.85. The average Bonchev–Trinajstić information content (AvgIpc) is 2.93. The summed E-state index contributed by atoms with van der Waals surface area (Å²) in [5.74, 6) is 0.141. The molecule has 5 nitrogen and oxygen atoms in total. The maximum Gasteiger partial charge on any atom is 0.328 e. The smallest absolute Gasteiger partial charge is 0.328 e. The molecule has 114 valence electrons. The number of aliphatic carboxylic acids is 1. The number of aliphatic hydroxyl groups excluding tert-OH is 1. The Kier molecular flexibility index (Phi) is 5.36. The lowest BCUT2D eigenvalue weighted by Crippen LogP contribution is -2.21. The van der Waals surface area contributed by atoms with Crippen LogP contribution in [0, 0.1) is 5.92 Å². The van der Waals surface area contributed by atoms with Gasteiger partial charge in [0.1, 0.15) is 5.75 Å². The molecular formula is C16H21NO4. The van der Waals surface area contributed by atoms with Crippen LogP contribution in [0.4, 0.5) is 0 Å². The highest BCUT2D eigenvalue weighted by Crippen LogP contribution is 2.24. The van der Waals surface area contributed by atoms with Crippen LogP contribution in [-0.4, -0.2) is 47.9 Å². The van der Waals surface area contributed by atoms with Crippen molar-refractivity contribution in [2.75, 3.05) is 26.8 Å². The number of methoxy groups -OCH3 is 1. The summed E-state index contributed by atoms with van der Waals surface area (Å²) in [6.45, 7) is 2.77. The number of nitrogens with zero attached hydrogens (tertiary/aromatic N) is 1. The predicted molar refractivity (Wildman–Crippen MR) is 80.1 cm³/mol. The van der Waals surface area contributed by atoms with E-state index in [1.165, 1.54) is 0 Å². The van der Waals surface area contributed by atoms with Crippen molar-refractivity contribution in [3.8, 4) is 5.75 Å². The second-order valence-electron chi connectivity index (χ2n) is 5.31. The first-order valence-corrected chi connectivity index (χ1v) is 7.03. The van der Waals surface area contributed by atoms with Crippen molar-refractivity contribution in [3.63, 3.8) is 0 Å². The SMILES string of the molecule is COc1ccc(/C=C/C(=O)O)c(CN2CCC(CO)C2)c1. The summed E-state index contributed by atoms with van der Waals surface area (Å²) in [5.41, 5.74) is 1.91. The first-order valence-electron chi connectivity index (χ1n) is 7.03. The molecule has 1 aliphatic heterocycles. The Morgan fingerprint density at radius 3 is 2.95 bits per heavy atom. The van der Waals surface area contributed by atoms with Gasteiger partial charge in [-0.3, -0.25) is 4.90 Å². The molecule has 1 heterocycles. The molecule has 1 unspecified atom stereocenters. The molecular weight excluding hydrogens is 270 g/mol. The van der Waals surface area contributed by atoms with Gasteiger partial charge in [0.15, 0.2) is 0 Å². The number of hydrogen-bond donors (Lipinski definition) is 2. The van der Waals surface area contributed by atoms with Crippen molar-refractivity contribution in [1.82, 2.24) is 4.90 Å². The standard InChI is InChI=1S/C16H21NO4/c1-21-15-4-2-13(3-5-16(19)20)14(8-15)10-17-7-6-12(9-17)11-18/h2-5,8,12,18H,6-7,9-11H2,1H3,(H,19,20)/b5-3+. The van der Waals surface area contributed by atoms with Gasteiger partial charge in [-0.15, -0.1) is 0 Å². The normalized spacial score (nSPS) is 19.2. The molecule has 1 fully saturated rings. The van der Waals surface area contributed by atoms with E-state index in [0.29, 0.717) is 5.92 Å². The Labute approximate surface area is 124 Å². The maximum atomic E-state index is 10.7. The van der Waals surface area contributed by atoms with Crippen LogP contribution in [0.2, 0.25) is 0 Å². The Morgan fingerprint density at radius 2 is 2.33 bits per heavy atom. The van der Waals surface area contributed by atoms with E-state index in [9.17, 15) is 9.90 Å². The summed E-state index contributed by atoms with van der Waals surface area (Å²) in [4.78, 5) is 13.0. The number of benzene rings is 1. The number of likely N-dealkylation sites (tertiary alicyclic amines) is 1. The molecule has 0 aromatic heterocycles.